The highest BCUT2D eigenvalue weighted by atomic mass is 16.5. The Balaban J connectivity index is 1.79. The van der Waals surface area contributed by atoms with Gasteiger partial charge in [-0.15, -0.1) is 0 Å². The monoisotopic (exact) mass is 355 g/mol. The lowest BCUT2D eigenvalue weighted by Crippen LogP contribution is -2.48. The normalized spacial score (nSPS) is 19.3. The third kappa shape index (κ3) is 4.77. The molecule has 3 rings (SSSR count). The van der Waals surface area contributed by atoms with Crippen LogP contribution in [0.25, 0.3) is 0 Å². The summed E-state index contributed by atoms with van der Waals surface area (Å²) in [7, 11) is 0. The number of nitrogens with zero attached hydrogens (tertiary/aromatic N) is 1. The summed E-state index contributed by atoms with van der Waals surface area (Å²) in [6, 6.07) is 18.7. The number of rotatable bonds is 7. The van der Waals surface area contributed by atoms with E-state index in [1.165, 1.54) is 0 Å². The molecule has 1 fully saturated rings. The van der Waals surface area contributed by atoms with Crippen LogP contribution in [0.2, 0.25) is 0 Å². The van der Waals surface area contributed by atoms with Crippen molar-refractivity contribution in [2.45, 2.75) is 39.0 Å². The summed E-state index contributed by atoms with van der Waals surface area (Å²) in [4.78, 5) is 2.45. The molecular weight excluding hydrogens is 326 g/mol. The van der Waals surface area contributed by atoms with E-state index in [4.69, 9.17) is 14.2 Å². The molecule has 0 spiro atoms. The molecule has 2 atom stereocenters. The lowest BCUT2D eigenvalue weighted by molar-refractivity contribution is -0.0885. The van der Waals surface area contributed by atoms with E-state index in [0.29, 0.717) is 12.6 Å². The third-order valence-electron chi connectivity index (χ3n) is 4.72. The molecule has 1 saturated heterocycles. The minimum atomic E-state index is -0.143. The molecule has 0 N–H and O–H groups in total. The molecule has 1 aliphatic rings. The molecule has 4 heteroatoms. The van der Waals surface area contributed by atoms with Crippen molar-refractivity contribution in [1.82, 2.24) is 4.90 Å². The Bertz CT molecular complexity index is 657. The second kappa shape index (κ2) is 9.06. The second-order valence-electron chi connectivity index (χ2n) is 6.85. The molecule has 2 aromatic rings. The van der Waals surface area contributed by atoms with Crippen molar-refractivity contribution in [2.24, 2.45) is 0 Å². The van der Waals surface area contributed by atoms with Crippen LogP contribution in [0.4, 0.5) is 0 Å². The fourth-order valence-electron chi connectivity index (χ4n) is 3.28. The van der Waals surface area contributed by atoms with Gasteiger partial charge in [0.15, 0.2) is 6.10 Å². The molecule has 2 unspecified atom stereocenters. The largest absolute Gasteiger partial charge is 0.494 e. The van der Waals surface area contributed by atoms with Gasteiger partial charge < -0.3 is 14.2 Å². The fourth-order valence-corrected chi connectivity index (χ4v) is 3.28. The number of hydrogen-bond donors (Lipinski definition) is 0. The molecule has 0 bridgehead atoms. The van der Waals surface area contributed by atoms with Crippen LogP contribution in [0.3, 0.4) is 0 Å². The summed E-state index contributed by atoms with van der Waals surface area (Å²) < 4.78 is 18.0. The lowest BCUT2D eigenvalue weighted by atomic mass is 10.0. The van der Waals surface area contributed by atoms with Crippen molar-refractivity contribution >= 4 is 0 Å². The van der Waals surface area contributed by atoms with Gasteiger partial charge in [-0.25, -0.2) is 0 Å². The van der Waals surface area contributed by atoms with Gasteiger partial charge in [-0.3, -0.25) is 4.90 Å². The van der Waals surface area contributed by atoms with E-state index in [1.807, 2.05) is 49.4 Å². The SMILES string of the molecule is CCOc1ccc(OC(c2ccccc2)C2CN(C(C)C)CCO2)cc1. The van der Waals surface area contributed by atoms with E-state index < -0.39 is 0 Å². The van der Waals surface area contributed by atoms with Gasteiger partial charge in [0, 0.05) is 19.1 Å². The minimum Gasteiger partial charge on any atom is -0.494 e. The van der Waals surface area contributed by atoms with Crippen molar-refractivity contribution in [3.05, 3.63) is 60.2 Å². The van der Waals surface area contributed by atoms with Gasteiger partial charge >= 0.3 is 0 Å². The summed E-state index contributed by atoms with van der Waals surface area (Å²) >= 11 is 0. The Hall–Kier alpha value is -2.04. The zero-order chi connectivity index (χ0) is 18.4. The van der Waals surface area contributed by atoms with Crippen LogP contribution in [0.15, 0.2) is 54.6 Å². The zero-order valence-electron chi connectivity index (χ0n) is 15.9. The Kier molecular flexibility index (Phi) is 6.53. The molecule has 0 saturated carbocycles. The summed E-state index contributed by atoms with van der Waals surface area (Å²) in [5.74, 6) is 1.68. The van der Waals surface area contributed by atoms with Crippen LogP contribution < -0.4 is 9.47 Å². The van der Waals surface area contributed by atoms with Crippen molar-refractivity contribution in [3.63, 3.8) is 0 Å². The molecular formula is C22H29NO3. The third-order valence-corrected chi connectivity index (χ3v) is 4.72. The number of morpholine rings is 1. The molecule has 0 radical (unpaired) electrons. The average molecular weight is 355 g/mol. The summed E-state index contributed by atoms with van der Waals surface area (Å²) in [5.41, 5.74) is 1.14. The van der Waals surface area contributed by atoms with Crippen molar-refractivity contribution in [3.8, 4) is 11.5 Å². The average Bonchev–Trinajstić information content (AvgIpc) is 2.68. The first-order chi connectivity index (χ1) is 12.7. The maximum Gasteiger partial charge on any atom is 0.151 e. The van der Waals surface area contributed by atoms with Gasteiger partial charge in [0.25, 0.3) is 0 Å². The maximum atomic E-state index is 6.39. The smallest absolute Gasteiger partial charge is 0.151 e. The molecule has 140 valence electrons. The molecule has 4 nitrogen and oxygen atoms in total. The van der Waals surface area contributed by atoms with Gasteiger partial charge in [0.2, 0.25) is 0 Å². The molecule has 1 aliphatic heterocycles. The minimum absolute atomic E-state index is 0.000110. The predicted octanol–water partition coefficient (Wildman–Crippen LogP) is 4.31. The molecule has 0 amide bonds. The zero-order valence-corrected chi connectivity index (χ0v) is 15.9. The summed E-state index contributed by atoms with van der Waals surface area (Å²) in [5, 5.41) is 0. The van der Waals surface area contributed by atoms with E-state index in [-0.39, 0.29) is 12.2 Å². The van der Waals surface area contributed by atoms with E-state index in [0.717, 1.165) is 36.8 Å². The fraction of sp³-hybridized carbons (Fsp3) is 0.455. The lowest BCUT2D eigenvalue weighted by Gasteiger charge is -2.39. The summed E-state index contributed by atoms with van der Waals surface area (Å²) in [6.45, 7) is 9.68. The standard InChI is InChI=1S/C22H29NO3/c1-4-24-19-10-12-20(13-11-19)26-22(18-8-6-5-7-9-18)21-16-23(17(2)3)14-15-25-21/h5-13,17,21-22H,4,14-16H2,1-3H3. The number of benzene rings is 2. The van der Waals surface area contributed by atoms with Gasteiger partial charge in [0.1, 0.15) is 17.6 Å². The van der Waals surface area contributed by atoms with Crippen LogP contribution in [-0.4, -0.2) is 43.3 Å². The predicted molar refractivity (Wildman–Crippen MR) is 104 cm³/mol. The van der Waals surface area contributed by atoms with E-state index in [2.05, 4.69) is 30.9 Å². The highest BCUT2D eigenvalue weighted by Gasteiger charge is 2.31. The molecule has 2 aromatic carbocycles. The topological polar surface area (TPSA) is 30.9 Å². The molecule has 0 aromatic heterocycles. The quantitative estimate of drug-likeness (QED) is 0.740. The Morgan fingerprint density at radius 1 is 1.04 bits per heavy atom. The molecule has 0 aliphatic carbocycles. The van der Waals surface area contributed by atoms with Crippen LogP contribution in [-0.2, 0) is 4.74 Å². The summed E-state index contributed by atoms with van der Waals surface area (Å²) in [6.07, 6.45) is -0.143. The first-order valence-corrected chi connectivity index (χ1v) is 9.47. The van der Waals surface area contributed by atoms with Crippen LogP contribution in [0.5, 0.6) is 11.5 Å². The number of hydrogen-bond acceptors (Lipinski definition) is 4. The molecule has 26 heavy (non-hydrogen) atoms. The Labute approximate surface area is 156 Å². The Morgan fingerprint density at radius 2 is 1.73 bits per heavy atom. The van der Waals surface area contributed by atoms with Gasteiger partial charge in [-0.05, 0) is 50.6 Å². The van der Waals surface area contributed by atoms with Crippen molar-refractivity contribution in [2.75, 3.05) is 26.3 Å². The van der Waals surface area contributed by atoms with Gasteiger partial charge in [0.05, 0.1) is 13.2 Å². The van der Waals surface area contributed by atoms with Crippen LogP contribution in [0.1, 0.15) is 32.4 Å². The Morgan fingerprint density at radius 3 is 2.38 bits per heavy atom. The van der Waals surface area contributed by atoms with Gasteiger partial charge in [-0.2, -0.15) is 0 Å². The van der Waals surface area contributed by atoms with E-state index in [1.54, 1.807) is 0 Å². The van der Waals surface area contributed by atoms with Crippen molar-refractivity contribution < 1.29 is 14.2 Å². The number of ether oxygens (including phenoxy) is 3. The molecule has 1 heterocycles. The maximum absolute atomic E-state index is 6.39. The first kappa shape index (κ1) is 18.7. The second-order valence-corrected chi connectivity index (χ2v) is 6.85. The van der Waals surface area contributed by atoms with E-state index in [9.17, 15) is 0 Å². The van der Waals surface area contributed by atoms with E-state index >= 15 is 0 Å². The van der Waals surface area contributed by atoms with Crippen LogP contribution in [0, 0.1) is 0 Å². The highest BCUT2D eigenvalue weighted by Crippen LogP contribution is 2.30. The first-order valence-electron chi connectivity index (χ1n) is 9.47. The van der Waals surface area contributed by atoms with Crippen molar-refractivity contribution in [1.29, 1.82) is 0 Å². The van der Waals surface area contributed by atoms with Gasteiger partial charge in [-0.1, -0.05) is 30.3 Å². The van der Waals surface area contributed by atoms with Crippen LogP contribution >= 0.6 is 0 Å². The highest BCUT2D eigenvalue weighted by molar-refractivity contribution is 5.32.